The summed E-state index contributed by atoms with van der Waals surface area (Å²) in [5.41, 5.74) is 0. The predicted molar refractivity (Wildman–Crippen MR) is 91.3 cm³/mol. The molecular formula is C14H32S2Sn. The second-order valence-electron chi connectivity index (χ2n) is 4.23. The monoisotopic (exact) mass is 384 g/mol. The molecule has 0 saturated carbocycles. The second-order valence-corrected chi connectivity index (χ2v) is 6.44. The molecule has 0 aliphatic heterocycles. The maximum Gasteiger partial charge on any atom is 2.00 e. The van der Waals surface area contributed by atoms with Crippen LogP contribution in [-0.4, -0.2) is 33.4 Å². The largest absolute Gasteiger partial charge is 2.00 e. The van der Waals surface area contributed by atoms with Gasteiger partial charge >= 0.3 is 23.9 Å². The smallest absolute Gasteiger partial charge is 0.786 e. The summed E-state index contributed by atoms with van der Waals surface area (Å²) in [5, 5.41) is 0. The van der Waals surface area contributed by atoms with Crippen molar-refractivity contribution in [3.05, 3.63) is 13.8 Å². The summed E-state index contributed by atoms with van der Waals surface area (Å²) in [4.78, 5) is 0. The maximum atomic E-state index is 4.99. The fourth-order valence-corrected chi connectivity index (χ4v) is 0. The molecule has 0 rings (SSSR count). The van der Waals surface area contributed by atoms with Crippen LogP contribution in [0.5, 0.6) is 0 Å². The van der Waals surface area contributed by atoms with Gasteiger partial charge in [0.05, 0.1) is 0 Å². The van der Waals surface area contributed by atoms with E-state index < -0.39 is 0 Å². The Hall–Kier alpha value is 1.50. The molecule has 0 bridgehead atoms. The minimum absolute atomic E-state index is 0. The summed E-state index contributed by atoms with van der Waals surface area (Å²) in [6.45, 7) is 22.4. The minimum atomic E-state index is 0. The van der Waals surface area contributed by atoms with Crippen LogP contribution in [0.15, 0.2) is 0 Å². The van der Waals surface area contributed by atoms with Gasteiger partial charge in [-0.3, -0.25) is 0 Å². The molecule has 0 heterocycles. The molecule has 0 aliphatic rings. The molecule has 4 radical (unpaired) electrons. The van der Waals surface area contributed by atoms with Crippen LogP contribution in [0.2, 0.25) is 0 Å². The second kappa shape index (κ2) is 19.8. The van der Waals surface area contributed by atoms with Crippen LogP contribution in [0.3, 0.4) is 0 Å². The van der Waals surface area contributed by atoms with E-state index in [1.807, 2.05) is 0 Å². The van der Waals surface area contributed by atoms with Crippen LogP contribution < -0.4 is 0 Å². The Morgan fingerprint density at radius 2 is 0.765 bits per heavy atom. The standard InChI is InChI=1S/2C5H12S.2C2H5.Sn/c2*1-4-5(2,3)6;2*1-2;/h2*6H,4H2,1-3H3;2*1H2,2H3;/q;;;;+2/p-2. The van der Waals surface area contributed by atoms with Crippen LogP contribution in [0.4, 0.5) is 0 Å². The molecular weight excluding hydrogens is 351 g/mol. The summed E-state index contributed by atoms with van der Waals surface area (Å²) in [5.74, 6) is 0. The van der Waals surface area contributed by atoms with E-state index in [2.05, 4.69) is 55.4 Å². The van der Waals surface area contributed by atoms with E-state index in [0.29, 0.717) is 0 Å². The van der Waals surface area contributed by atoms with Crippen molar-refractivity contribution in [3.8, 4) is 0 Å². The molecule has 0 N–H and O–H groups in total. The third-order valence-corrected chi connectivity index (χ3v) is 2.28. The Morgan fingerprint density at radius 1 is 0.706 bits per heavy atom. The number of rotatable bonds is 2. The molecule has 0 amide bonds. The predicted octanol–water partition coefficient (Wildman–Crippen LogP) is 4.74. The molecule has 0 saturated heterocycles. The summed E-state index contributed by atoms with van der Waals surface area (Å²) < 4.78 is 0.250. The molecule has 0 unspecified atom stereocenters. The fourth-order valence-electron chi connectivity index (χ4n) is 0. The van der Waals surface area contributed by atoms with Crippen LogP contribution in [-0.2, 0) is 25.3 Å². The van der Waals surface area contributed by atoms with Gasteiger partial charge in [0.2, 0.25) is 0 Å². The van der Waals surface area contributed by atoms with Crippen molar-refractivity contribution in [3.63, 3.8) is 0 Å². The van der Waals surface area contributed by atoms with Crippen LogP contribution in [0, 0.1) is 13.8 Å². The SMILES string of the molecule is CCC(C)(C)[S-].CCC(C)(C)[S-].[CH2]C.[CH2]C.[Sn+2]. The summed E-state index contributed by atoms with van der Waals surface area (Å²) >= 11 is 9.97. The molecule has 0 aromatic carbocycles. The van der Waals surface area contributed by atoms with Gasteiger partial charge in [-0.2, -0.15) is 9.49 Å². The van der Waals surface area contributed by atoms with Crippen molar-refractivity contribution in [2.24, 2.45) is 0 Å². The molecule has 0 nitrogen and oxygen atoms in total. The van der Waals surface area contributed by atoms with E-state index in [-0.39, 0.29) is 33.4 Å². The fraction of sp³-hybridized carbons (Fsp3) is 0.857. The van der Waals surface area contributed by atoms with Crippen molar-refractivity contribution in [2.75, 3.05) is 0 Å². The summed E-state index contributed by atoms with van der Waals surface area (Å²) in [6.07, 6.45) is 2.17. The Kier molecular flexibility index (Phi) is 36.3. The van der Waals surface area contributed by atoms with E-state index in [9.17, 15) is 0 Å². The maximum absolute atomic E-state index is 4.99. The molecule has 0 fully saturated rings. The molecule has 3 heteroatoms. The quantitative estimate of drug-likeness (QED) is 0.499. The van der Waals surface area contributed by atoms with E-state index in [0.717, 1.165) is 12.8 Å². The molecule has 0 spiro atoms. The van der Waals surface area contributed by atoms with Crippen molar-refractivity contribution in [2.45, 2.75) is 77.7 Å². The van der Waals surface area contributed by atoms with Gasteiger partial charge in [-0.25, -0.2) is 0 Å². The first kappa shape index (κ1) is 31.1. The average molecular weight is 383 g/mol. The van der Waals surface area contributed by atoms with Crippen molar-refractivity contribution in [1.82, 2.24) is 0 Å². The van der Waals surface area contributed by atoms with E-state index in [1.54, 1.807) is 13.8 Å². The van der Waals surface area contributed by atoms with Gasteiger partial charge in [-0.05, 0) is 0 Å². The Bertz CT molecular complexity index is 87.8. The molecule has 17 heavy (non-hydrogen) atoms. The zero-order chi connectivity index (χ0) is 14.4. The molecule has 0 atom stereocenters. The van der Waals surface area contributed by atoms with Gasteiger partial charge in [0.15, 0.2) is 0 Å². The first-order valence-corrected chi connectivity index (χ1v) is 6.76. The molecule has 0 aromatic rings. The van der Waals surface area contributed by atoms with Gasteiger partial charge < -0.3 is 25.3 Å². The van der Waals surface area contributed by atoms with Gasteiger partial charge in [-0.15, -0.1) is 0 Å². The first-order chi connectivity index (χ1) is 7.12. The third-order valence-electron chi connectivity index (χ3n) is 1.70. The number of hydrogen-bond donors (Lipinski definition) is 0. The zero-order valence-corrected chi connectivity index (χ0v) is 17.6. The van der Waals surface area contributed by atoms with Gasteiger partial charge in [-0.1, -0.05) is 82.1 Å². The van der Waals surface area contributed by atoms with Gasteiger partial charge in [0.25, 0.3) is 0 Å². The van der Waals surface area contributed by atoms with Crippen LogP contribution in [0.25, 0.3) is 0 Å². The van der Waals surface area contributed by atoms with E-state index in [1.165, 1.54) is 0 Å². The van der Waals surface area contributed by atoms with Crippen molar-refractivity contribution >= 4 is 49.2 Å². The molecule has 104 valence electrons. The number of hydrogen-bond acceptors (Lipinski definition) is 2. The zero-order valence-electron chi connectivity index (χ0n) is 13.1. The van der Waals surface area contributed by atoms with Gasteiger partial charge in [0.1, 0.15) is 0 Å². The normalized spacial score (nSPS) is 9.18. The van der Waals surface area contributed by atoms with Crippen LogP contribution in [0.1, 0.15) is 68.2 Å². The molecule has 0 aliphatic carbocycles. The van der Waals surface area contributed by atoms with Crippen molar-refractivity contribution < 1.29 is 0 Å². The summed E-state index contributed by atoms with van der Waals surface area (Å²) in [7, 11) is 0. The molecule has 0 aromatic heterocycles. The van der Waals surface area contributed by atoms with Crippen molar-refractivity contribution in [1.29, 1.82) is 0 Å². The Labute approximate surface area is 140 Å². The Morgan fingerprint density at radius 3 is 0.765 bits per heavy atom. The topological polar surface area (TPSA) is 0 Å². The minimum Gasteiger partial charge on any atom is -0.786 e. The Balaban J connectivity index is -0.0000000417. The van der Waals surface area contributed by atoms with E-state index in [4.69, 9.17) is 25.3 Å². The first-order valence-electron chi connectivity index (χ1n) is 5.94. The van der Waals surface area contributed by atoms with Gasteiger partial charge in [0, 0.05) is 0 Å². The average Bonchev–Trinajstić information content (AvgIpc) is 2.23. The van der Waals surface area contributed by atoms with E-state index >= 15 is 0 Å². The third kappa shape index (κ3) is 74.8. The summed E-state index contributed by atoms with van der Waals surface area (Å²) in [6, 6.07) is 0. The van der Waals surface area contributed by atoms with Crippen LogP contribution >= 0.6 is 0 Å².